The van der Waals surface area contributed by atoms with Crippen molar-refractivity contribution in [1.82, 2.24) is 0 Å². The van der Waals surface area contributed by atoms with Crippen molar-refractivity contribution >= 4 is 0 Å². The van der Waals surface area contributed by atoms with Gasteiger partial charge in [-0.25, -0.2) is 0 Å². The van der Waals surface area contributed by atoms with Crippen LogP contribution in [-0.4, -0.2) is 0 Å². The fraction of sp³-hybridized carbons (Fsp3) is 0.571. The largest absolute Gasteiger partial charge is 0.0912 e. The minimum atomic E-state index is 0.657. The topological polar surface area (TPSA) is 0 Å². The first-order chi connectivity index (χ1) is 3.31. The highest BCUT2D eigenvalue weighted by atomic mass is 13.9. The van der Waals surface area contributed by atoms with Gasteiger partial charge in [-0.3, -0.25) is 0 Å². The van der Waals surface area contributed by atoms with Crippen LogP contribution in [0.2, 0.25) is 0 Å². The quantitative estimate of drug-likeness (QED) is 0.366. The van der Waals surface area contributed by atoms with Crippen molar-refractivity contribution in [2.24, 2.45) is 5.92 Å². The SMILES string of the molecule is [CH2+]CC(C)/C=C\C. The van der Waals surface area contributed by atoms with E-state index in [9.17, 15) is 0 Å². The molecule has 0 saturated carbocycles. The van der Waals surface area contributed by atoms with Crippen LogP contribution in [0.4, 0.5) is 0 Å². The first kappa shape index (κ1) is 6.61. The second-order valence-electron chi connectivity index (χ2n) is 1.79. The maximum Gasteiger partial charge on any atom is 0.0910 e. The molecular weight excluding hydrogens is 84.1 g/mol. The van der Waals surface area contributed by atoms with E-state index in [1.54, 1.807) is 0 Å². The van der Waals surface area contributed by atoms with Gasteiger partial charge in [0.05, 0.1) is 13.3 Å². The van der Waals surface area contributed by atoms with Gasteiger partial charge in [0.25, 0.3) is 0 Å². The summed E-state index contributed by atoms with van der Waals surface area (Å²) in [7, 11) is 0. The Balaban J connectivity index is 3.16. The zero-order valence-electron chi connectivity index (χ0n) is 5.15. The van der Waals surface area contributed by atoms with Crippen LogP contribution in [0.25, 0.3) is 0 Å². The van der Waals surface area contributed by atoms with Gasteiger partial charge in [-0.05, 0) is 6.92 Å². The Morgan fingerprint density at radius 2 is 2.29 bits per heavy atom. The molecule has 0 N–H and O–H groups in total. The Labute approximate surface area is 46.2 Å². The molecule has 0 spiro atoms. The molecule has 0 heteroatoms. The summed E-state index contributed by atoms with van der Waals surface area (Å²) in [6.07, 6.45) is 5.23. The average molecular weight is 97.2 g/mol. The zero-order valence-corrected chi connectivity index (χ0v) is 5.15. The van der Waals surface area contributed by atoms with Crippen molar-refractivity contribution in [2.45, 2.75) is 20.3 Å². The van der Waals surface area contributed by atoms with E-state index in [1.165, 1.54) is 0 Å². The van der Waals surface area contributed by atoms with Gasteiger partial charge in [0.15, 0.2) is 0 Å². The maximum atomic E-state index is 3.75. The smallest absolute Gasteiger partial charge is 0.0910 e. The molecule has 0 aliphatic heterocycles. The summed E-state index contributed by atoms with van der Waals surface area (Å²) in [5, 5.41) is 0. The van der Waals surface area contributed by atoms with Gasteiger partial charge in [-0.2, -0.15) is 0 Å². The molecule has 7 heavy (non-hydrogen) atoms. The van der Waals surface area contributed by atoms with Crippen molar-refractivity contribution < 1.29 is 0 Å². The molecule has 0 rings (SSSR count). The monoisotopic (exact) mass is 97.1 g/mol. The molecule has 0 radical (unpaired) electrons. The van der Waals surface area contributed by atoms with Crippen molar-refractivity contribution in [2.75, 3.05) is 0 Å². The molecule has 0 aromatic carbocycles. The molecule has 0 aliphatic rings. The van der Waals surface area contributed by atoms with Crippen LogP contribution in [0, 0.1) is 12.8 Å². The third kappa shape index (κ3) is 3.44. The fourth-order valence-electron chi connectivity index (χ4n) is 0.425. The van der Waals surface area contributed by atoms with Crippen molar-refractivity contribution in [1.29, 1.82) is 0 Å². The van der Waals surface area contributed by atoms with Crippen LogP contribution in [0.5, 0.6) is 0 Å². The van der Waals surface area contributed by atoms with E-state index >= 15 is 0 Å². The van der Waals surface area contributed by atoms with Gasteiger partial charge in [0, 0.05) is 5.92 Å². The first-order valence-corrected chi connectivity index (χ1v) is 2.73. The third-order valence-corrected chi connectivity index (χ3v) is 0.976. The van der Waals surface area contributed by atoms with E-state index in [0.717, 1.165) is 6.42 Å². The Morgan fingerprint density at radius 3 is 2.43 bits per heavy atom. The molecular formula is C7H13+. The highest BCUT2D eigenvalue weighted by molar-refractivity contribution is 4.82. The number of allylic oxidation sites excluding steroid dienone is 2. The Bertz CT molecular complexity index is 53.1. The molecule has 0 bridgehead atoms. The number of hydrogen-bond donors (Lipinski definition) is 0. The summed E-state index contributed by atoms with van der Waals surface area (Å²) in [6.45, 7) is 7.95. The second-order valence-corrected chi connectivity index (χ2v) is 1.79. The van der Waals surface area contributed by atoms with Gasteiger partial charge in [-0.15, -0.1) is 0 Å². The lowest BCUT2D eigenvalue weighted by Gasteiger charge is -1.90. The summed E-state index contributed by atoms with van der Waals surface area (Å²) in [5.41, 5.74) is 0. The molecule has 0 heterocycles. The summed E-state index contributed by atoms with van der Waals surface area (Å²) < 4.78 is 0. The molecule has 0 amide bonds. The van der Waals surface area contributed by atoms with E-state index in [0.29, 0.717) is 5.92 Å². The number of rotatable bonds is 2. The van der Waals surface area contributed by atoms with E-state index < -0.39 is 0 Å². The average Bonchev–Trinajstić information content (AvgIpc) is 1.68. The maximum absolute atomic E-state index is 3.75. The Kier molecular flexibility index (Phi) is 3.58. The standard InChI is InChI=1S/C7H13/c1-4-6-7(3)5-2/h4,6-7H,2,5H2,1,3H3/q+1/b6-4-. The van der Waals surface area contributed by atoms with Crippen LogP contribution in [-0.2, 0) is 0 Å². The summed E-state index contributed by atoms with van der Waals surface area (Å²) in [6, 6.07) is 0. The van der Waals surface area contributed by atoms with Crippen LogP contribution in [0.1, 0.15) is 20.3 Å². The molecule has 0 saturated heterocycles. The minimum Gasteiger partial charge on any atom is -0.0912 e. The van der Waals surface area contributed by atoms with Gasteiger partial charge in [0.1, 0.15) is 0 Å². The van der Waals surface area contributed by atoms with E-state index in [4.69, 9.17) is 0 Å². The molecule has 0 aromatic heterocycles. The predicted molar refractivity (Wildman–Crippen MR) is 34.0 cm³/mol. The third-order valence-electron chi connectivity index (χ3n) is 0.976. The highest BCUT2D eigenvalue weighted by Gasteiger charge is 1.91. The normalized spacial score (nSPS) is 15.1. The lowest BCUT2D eigenvalue weighted by molar-refractivity contribution is 0.741. The van der Waals surface area contributed by atoms with E-state index in [-0.39, 0.29) is 0 Å². The van der Waals surface area contributed by atoms with E-state index in [2.05, 4.69) is 26.0 Å². The molecule has 0 aliphatic carbocycles. The molecule has 0 fully saturated rings. The van der Waals surface area contributed by atoms with Gasteiger partial charge < -0.3 is 0 Å². The van der Waals surface area contributed by atoms with Gasteiger partial charge in [-0.1, -0.05) is 19.1 Å². The predicted octanol–water partition coefficient (Wildman–Crippen LogP) is 2.42. The van der Waals surface area contributed by atoms with Crippen molar-refractivity contribution in [3.8, 4) is 0 Å². The molecule has 1 atom stereocenters. The Hall–Kier alpha value is -0.390. The second kappa shape index (κ2) is 3.79. The summed E-state index contributed by atoms with van der Waals surface area (Å²) in [4.78, 5) is 0. The van der Waals surface area contributed by atoms with Crippen LogP contribution in [0.3, 0.4) is 0 Å². The summed E-state index contributed by atoms with van der Waals surface area (Å²) in [5.74, 6) is 0.657. The van der Waals surface area contributed by atoms with Gasteiger partial charge >= 0.3 is 0 Å². The molecule has 0 aromatic rings. The Morgan fingerprint density at radius 1 is 1.71 bits per heavy atom. The van der Waals surface area contributed by atoms with Crippen LogP contribution in [0.15, 0.2) is 12.2 Å². The van der Waals surface area contributed by atoms with Crippen LogP contribution >= 0.6 is 0 Å². The lowest BCUT2D eigenvalue weighted by atomic mass is 10.1. The van der Waals surface area contributed by atoms with Crippen molar-refractivity contribution in [3.63, 3.8) is 0 Å². The van der Waals surface area contributed by atoms with Crippen molar-refractivity contribution in [3.05, 3.63) is 19.1 Å². The van der Waals surface area contributed by atoms with E-state index in [1.807, 2.05) is 6.92 Å². The highest BCUT2D eigenvalue weighted by Crippen LogP contribution is 1.99. The summed E-state index contributed by atoms with van der Waals surface area (Å²) >= 11 is 0. The lowest BCUT2D eigenvalue weighted by Crippen LogP contribution is -1.82. The molecule has 0 nitrogen and oxygen atoms in total. The first-order valence-electron chi connectivity index (χ1n) is 2.73. The fourth-order valence-corrected chi connectivity index (χ4v) is 0.425. The minimum absolute atomic E-state index is 0.657. The zero-order chi connectivity index (χ0) is 5.70. The molecule has 40 valence electrons. The number of hydrogen-bond acceptors (Lipinski definition) is 0. The van der Waals surface area contributed by atoms with Gasteiger partial charge in [0.2, 0.25) is 0 Å². The molecule has 1 unspecified atom stereocenters. The van der Waals surface area contributed by atoms with Crippen LogP contribution < -0.4 is 0 Å².